The smallest absolute Gasteiger partial charge is 0.243 e. The first kappa shape index (κ1) is 19.7. The summed E-state index contributed by atoms with van der Waals surface area (Å²) in [7, 11) is 3.52. The number of amides is 1. The molecule has 0 aromatic rings. The molecule has 1 amide bonds. The first-order chi connectivity index (χ1) is 11.1. The monoisotopic (exact) mass is 325 g/mol. The summed E-state index contributed by atoms with van der Waals surface area (Å²) in [5, 5.41) is 6.81. The fourth-order valence-corrected chi connectivity index (χ4v) is 2.56. The molecule has 0 bridgehead atoms. The highest BCUT2D eigenvalue weighted by molar-refractivity contribution is 5.84. The van der Waals surface area contributed by atoms with E-state index in [1.807, 2.05) is 0 Å². The van der Waals surface area contributed by atoms with Crippen molar-refractivity contribution in [1.29, 1.82) is 0 Å². The van der Waals surface area contributed by atoms with Gasteiger partial charge in [-0.25, -0.2) is 4.99 Å². The lowest BCUT2D eigenvalue weighted by atomic mass is 10.0. The summed E-state index contributed by atoms with van der Waals surface area (Å²) in [6.45, 7) is 8.95. The number of rotatable bonds is 8. The third-order valence-electron chi connectivity index (χ3n) is 4.17. The molecule has 134 valence electrons. The molecule has 1 heterocycles. The Bertz CT molecular complexity index is 362. The summed E-state index contributed by atoms with van der Waals surface area (Å²) in [5.41, 5.74) is 0. The molecule has 0 aromatic heterocycles. The van der Waals surface area contributed by atoms with Crippen molar-refractivity contribution in [2.75, 3.05) is 46.8 Å². The van der Waals surface area contributed by atoms with Gasteiger partial charge >= 0.3 is 0 Å². The fraction of sp³-hybridized carbons (Fsp3) is 0.882. The van der Waals surface area contributed by atoms with Gasteiger partial charge < -0.3 is 20.4 Å². The number of carbonyl (C=O) groups excluding carboxylic acids is 1. The zero-order chi connectivity index (χ0) is 17.1. The third-order valence-corrected chi connectivity index (χ3v) is 4.17. The quantitative estimate of drug-likeness (QED) is 0.521. The van der Waals surface area contributed by atoms with Gasteiger partial charge in [0, 0.05) is 39.8 Å². The molecule has 0 atom stereocenters. The van der Waals surface area contributed by atoms with Crippen LogP contribution in [0.1, 0.15) is 46.0 Å². The second-order valence-electron chi connectivity index (χ2n) is 6.49. The average molecular weight is 326 g/mol. The van der Waals surface area contributed by atoms with E-state index in [4.69, 9.17) is 0 Å². The van der Waals surface area contributed by atoms with Gasteiger partial charge in [-0.3, -0.25) is 4.79 Å². The maximum atomic E-state index is 11.7. The van der Waals surface area contributed by atoms with Crippen LogP contribution in [0.2, 0.25) is 0 Å². The second-order valence-corrected chi connectivity index (χ2v) is 6.49. The molecule has 0 spiro atoms. The minimum atomic E-state index is 0.0250. The Kier molecular flexibility index (Phi) is 9.67. The van der Waals surface area contributed by atoms with Gasteiger partial charge in [0.25, 0.3) is 0 Å². The highest BCUT2D eigenvalue weighted by Gasteiger charge is 2.19. The van der Waals surface area contributed by atoms with Gasteiger partial charge in [0.1, 0.15) is 6.54 Å². The van der Waals surface area contributed by atoms with Crippen LogP contribution in [0, 0.1) is 0 Å². The lowest BCUT2D eigenvalue weighted by Gasteiger charge is -2.33. The molecule has 1 saturated heterocycles. The normalized spacial score (nSPS) is 17.1. The number of unbranched alkanes of at least 4 members (excludes halogenated alkanes) is 1. The molecule has 0 radical (unpaired) electrons. The predicted octanol–water partition coefficient (Wildman–Crippen LogP) is 1.28. The lowest BCUT2D eigenvalue weighted by Crippen LogP contribution is -2.49. The van der Waals surface area contributed by atoms with Crippen LogP contribution in [0.5, 0.6) is 0 Å². The number of likely N-dealkylation sites (N-methyl/N-ethyl adjacent to an activating group) is 1. The molecule has 0 aliphatic carbocycles. The number of carbonyl (C=O) groups is 1. The van der Waals surface area contributed by atoms with Crippen molar-refractivity contribution >= 4 is 11.9 Å². The molecule has 6 heteroatoms. The SMILES string of the molecule is CCCCN1CCC(NC(=NCC(=O)N(C)C)NCCC)CC1. The van der Waals surface area contributed by atoms with E-state index in [1.54, 1.807) is 19.0 Å². The van der Waals surface area contributed by atoms with E-state index in [2.05, 4.69) is 34.4 Å². The van der Waals surface area contributed by atoms with Crippen LogP contribution in [0.3, 0.4) is 0 Å². The van der Waals surface area contributed by atoms with Gasteiger partial charge in [0.2, 0.25) is 5.91 Å². The minimum Gasteiger partial charge on any atom is -0.356 e. The Balaban J connectivity index is 2.44. The van der Waals surface area contributed by atoms with Crippen LogP contribution >= 0.6 is 0 Å². The van der Waals surface area contributed by atoms with Crippen molar-refractivity contribution in [2.45, 2.75) is 52.0 Å². The van der Waals surface area contributed by atoms with Crippen molar-refractivity contribution < 1.29 is 4.79 Å². The van der Waals surface area contributed by atoms with E-state index in [9.17, 15) is 4.79 Å². The summed E-state index contributed by atoms with van der Waals surface area (Å²) in [6, 6.07) is 0.449. The van der Waals surface area contributed by atoms with E-state index in [0.29, 0.717) is 6.04 Å². The topological polar surface area (TPSA) is 60.0 Å². The lowest BCUT2D eigenvalue weighted by molar-refractivity contribution is -0.127. The number of guanidine groups is 1. The van der Waals surface area contributed by atoms with Crippen molar-refractivity contribution in [3.8, 4) is 0 Å². The molecule has 0 unspecified atom stereocenters. The third kappa shape index (κ3) is 8.21. The van der Waals surface area contributed by atoms with E-state index >= 15 is 0 Å². The van der Waals surface area contributed by atoms with E-state index in [1.165, 1.54) is 19.4 Å². The number of nitrogens with zero attached hydrogens (tertiary/aromatic N) is 3. The van der Waals surface area contributed by atoms with Crippen LogP contribution in [-0.2, 0) is 4.79 Å². The molecular weight excluding hydrogens is 290 g/mol. The van der Waals surface area contributed by atoms with Crippen LogP contribution in [0.15, 0.2) is 4.99 Å². The molecule has 0 aromatic carbocycles. The van der Waals surface area contributed by atoms with Crippen LogP contribution in [0.4, 0.5) is 0 Å². The fourth-order valence-electron chi connectivity index (χ4n) is 2.56. The number of hydrogen-bond acceptors (Lipinski definition) is 3. The molecule has 1 aliphatic heterocycles. The molecule has 0 saturated carbocycles. The average Bonchev–Trinajstić information content (AvgIpc) is 2.56. The van der Waals surface area contributed by atoms with E-state index in [0.717, 1.165) is 44.9 Å². The van der Waals surface area contributed by atoms with E-state index < -0.39 is 0 Å². The molecule has 23 heavy (non-hydrogen) atoms. The largest absolute Gasteiger partial charge is 0.356 e. The van der Waals surface area contributed by atoms with Gasteiger partial charge in [-0.1, -0.05) is 20.3 Å². The zero-order valence-corrected chi connectivity index (χ0v) is 15.4. The van der Waals surface area contributed by atoms with Crippen molar-refractivity contribution in [3.05, 3.63) is 0 Å². The number of aliphatic imine (C=N–C) groups is 1. The summed E-state index contributed by atoms with van der Waals surface area (Å²) in [5.74, 6) is 0.797. The van der Waals surface area contributed by atoms with Crippen molar-refractivity contribution in [1.82, 2.24) is 20.4 Å². The Labute approximate surface area is 141 Å². The summed E-state index contributed by atoms with van der Waals surface area (Å²) < 4.78 is 0. The van der Waals surface area contributed by atoms with Gasteiger partial charge in [0.15, 0.2) is 5.96 Å². The van der Waals surface area contributed by atoms with Gasteiger partial charge in [0.05, 0.1) is 0 Å². The second kappa shape index (κ2) is 11.3. The summed E-state index contributed by atoms with van der Waals surface area (Å²) >= 11 is 0. The number of hydrogen-bond donors (Lipinski definition) is 2. The van der Waals surface area contributed by atoms with E-state index in [-0.39, 0.29) is 12.5 Å². The Morgan fingerprint density at radius 2 is 1.91 bits per heavy atom. The van der Waals surface area contributed by atoms with Crippen LogP contribution < -0.4 is 10.6 Å². The number of likely N-dealkylation sites (tertiary alicyclic amines) is 1. The van der Waals surface area contributed by atoms with Gasteiger partial charge in [-0.2, -0.15) is 0 Å². The molecule has 2 N–H and O–H groups in total. The van der Waals surface area contributed by atoms with Crippen molar-refractivity contribution in [2.24, 2.45) is 4.99 Å². The number of nitrogens with one attached hydrogen (secondary N) is 2. The summed E-state index contributed by atoms with van der Waals surface area (Å²) in [4.78, 5) is 20.3. The first-order valence-electron chi connectivity index (χ1n) is 9.04. The maximum Gasteiger partial charge on any atom is 0.243 e. The standard InChI is InChI=1S/C17H35N5O/c1-5-7-11-22-12-8-15(9-13-22)20-17(18-10-6-2)19-14-16(23)21(3)4/h15H,5-14H2,1-4H3,(H2,18,19,20). The van der Waals surface area contributed by atoms with Crippen LogP contribution in [-0.4, -0.2) is 74.5 Å². The highest BCUT2D eigenvalue weighted by Crippen LogP contribution is 2.11. The first-order valence-corrected chi connectivity index (χ1v) is 9.04. The Hall–Kier alpha value is -1.30. The number of piperidine rings is 1. The molecule has 1 rings (SSSR count). The molecule has 1 fully saturated rings. The zero-order valence-electron chi connectivity index (χ0n) is 15.4. The maximum absolute atomic E-state index is 11.7. The van der Waals surface area contributed by atoms with Crippen LogP contribution in [0.25, 0.3) is 0 Å². The highest BCUT2D eigenvalue weighted by atomic mass is 16.2. The Morgan fingerprint density at radius 3 is 2.48 bits per heavy atom. The Morgan fingerprint density at radius 1 is 1.22 bits per heavy atom. The summed E-state index contributed by atoms with van der Waals surface area (Å²) in [6.07, 6.45) is 5.86. The molecule has 6 nitrogen and oxygen atoms in total. The predicted molar refractivity (Wildman–Crippen MR) is 96.8 cm³/mol. The van der Waals surface area contributed by atoms with Crippen molar-refractivity contribution in [3.63, 3.8) is 0 Å². The van der Waals surface area contributed by atoms with Gasteiger partial charge in [-0.15, -0.1) is 0 Å². The minimum absolute atomic E-state index is 0.0250. The molecule has 1 aliphatic rings. The van der Waals surface area contributed by atoms with Gasteiger partial charge in [-0.05, 0) is 32.2 Å². The molecular formula is C17H35N5O.